The highest BCUT2D eigenvalue weighted by Gasteiger charge is 2.17. The molecule has 0 aliphatic carbocycles. The Balaban J connectivity index is 4.35. The van der Waals surface area contributed by atoms with Crippen molar-refractivity contribution in [2.24, 2.45) is 0 Å². The van der Waals surface area contributed by atoms with Gasteiger partial charge in [0.05, 0.1) is 6.61 Å². The normalized spacial score (nSPS) is 13.0. The summed E-state index contributed by atoms with van der Waals surface area (Å²) in [5.74, 6) is -0.435. The molecule has 0 aromatic heterocycles. The maximum atomic E-state index is 12.9. The van der Waals surface area contributed by atoms with E-state index in [4.69, 9.17) is 14.2 Å². The number of unbranched alkanes of at least 4 members (excludes halogenated alkanes) is 24. The third kappa shape index (κ3) is 57.1. The molecule has 0 heterocycles. The number of hydrogen-bond acceptors (Lipinski definition) is 5. The predicted octanol–water partition coefficient (Wildman–Crippen LogP) is 20.3. The Morgan fingerprint density at radius 2 is 0.643 bits per heavy atom. The van der Waals surface area contributed by atoms with Gasteiger partial charge in [0.15, 0.2) is 6.10 Å². The highest BCUT2D eigenvalue weighted by atomic mass is 16.6. The molecule has 5 heteroatoms. The molecule has 0 aliphatic heterocycles. The second kappa shape index (κ2) is 59.9. The van der Waals surface area contributed by atoms with Crippen molar-refractivity contribution in [1.29, 1.82) is 0 Å². The van der Waals surface area contributed by atoms with Crippen molar-refractivity contribution in [2.75, 3.05) is 19.8 Å². The summed E-state index contributed by atoms with van der Waals surface area (Å²) in [5, 5.41) is 0. The molecule has 0 fully saturated rings. The highest BCUT2D eigenvalue weighted by molar-refractivity contribution is 5.70. The van der Waals surface area contributed by atoms with E-state index in [9.17, 15) is 9.59 Å². The van der Waals surface area contributed by atoms with Crippen molar-refractivity contribution in [2.45, 2.75) is 271 Å². The number of carbonyl (C=O) groups excluding carboxylic acids is 2. The Bertz CT molecular complexity index is 1380. The fourth-order valence-electron chi connectivity index (χ4n) is 7.89. The molecule has 0 spiro atoms. The summed E-state index contributed by atoms with van der Waals surface area (Å²) in [5.41, 5.74) is 0. The monoisotopic (exact) mass is 971 g/mol. The fraction of sp³-hybridized carbons (Fsp3) is 0.692. The number of allylic oxidation sites excluding steroid dienone is 18. The summed E-state index contributed by atoms with van der Waals surface area (Å²) >= 11 is 0. The number of hydrogen-bond donors (Lipinski definition) is 0. The van der Waals surface area contributed by atoms with Gasteiger partial charge in [-0.2, -0.15) is 0 Å². The van der Waals surface area contributed by atoms with Crippen LogP contribution in [-0.4, -0.2) is 37.9 Å². The Morgan fingerprint density at radius 1 is 0.329 bits per heavy atom. The van der Waals surface area contributed by atoms with Gasteiger partial charge in [-0.25, -0.2) is 0 Å². The lowest BCUT2D eigenvalue weighted by Gasteiger charge is -2.18. The molecule has 0 aromatic rings. The zero-order chi connectivity index (χ0) is 50.6. The van der Waals surface area contributed by atoms with Crippen LogP contribution in [0.3, 0.4) is 0 Å². The first-order valence-electron chi connectivity index (χ1n) is 29.4. The summed E-state index contributed by atoms with van der Waals surface area (Å²) in [6.45, 7) is 7.62. The molecular formula is C65H110O5. The maximum absolute atomic E-state index is 12.9. The summed E-state index contributed by atoms with van der Waals surface area (Å²) in [6.07, 6.45) is 82.5. The molecule has 1 unspecified atom stereocenters. The van der Waals surface area contributed by atoms with E-state index >= 15 is 0 Å². The van der Waals surface area contributed by atoms with Crippen LogP contribution in [0.2, 0.25) is 0 Å². The molecular weight excluding hydrogens is 861 g/mol. The molecule has 1 atom stereocenters. The van der Waals surface area contributed by atoms with E-state index in [2.05, 4.69) is 130 Å². The summed E-state index contributed by atoms with van der Waals surface area (Å²) in [6, 6.07) is 0. The molecule has 0 saturated carbocycles. The average Bonchev–Trinajstić information content (AvgIpc) is 3.36. The van der Waals surface area contributed by atoms with Gasteiger partial charge in [0.1, 0.15) is 6.61 Å². The molecule has 0 rings (SSSR count). The van der Waals surface area contributed by atoms with Crippen LogP contribution in [0.4, 0.5) is 0 Å². The van der Waals surface area contributed by atoms with E-state index in [1.807, 2.05) is 0 Å². The van der Waals surface area contributed by atoms with E-state index in [0.29, 0.717) is 19.4 Å². The van der Waals surface area contributed by atoms with E-state index in [-0.39, 0.29) is 25.2 Å². The van der Waals surface area contributed by atoms with Gasteiger partial charge in [-0.3, -0.25) is 9.59 Å². The molecule has 0 bridgehead atoms. The minimum absolute atomic E-state index is 0.0623. The number of carbonyl (C=O) groups is 2. The molecule has 0 N–H and O–H groups in total. The molecule has 0 aliphatic rings. The van der Waals surface area contributed by atoms with Crippen LogP contribution in [-0.2, 0) is 23.8 Å². The third-order valence-corrected chi connectivity index (χ3v) is 12.3. The van der Waals surface area contributed by atoms with Crippen LogP contribution in [0.1, 0.15) is 265 Å². The van der Waals surface area contributed by atoms with Gasteiger partial charge in [0, 0.05) is 19.4 Å². The standard InChI is InChI=1S/C65H110O5/c1-4-7-10-13-16-19-22-25-28-30-32-34-36-39-42-45-48-51-54-57-60-68-61-63(70-65(67)59-56-53-50-47-44-41-37-27-24-21-18-15-12-9-6-3)62-69-64(66)58-55-52-49-46-43-40-38-35-33-31-29-26-23-20-17-14-11-8-5-2/h8,11,16-21,25-29,32-35,37,63H,4-7,9-10,12-15,22-24,30-31,36,38-62H2,1-3H3/b11-8-,19-16-,20-17-,21-18-,28-25-,29-26-,34-32-,35-33-,37-27-. The summed E-state index contributed by atoms with van der Waals surface area (Å²) in [7, 11) is 0. The molecule has 0 radical (unpaired) electrons. The first-order valence-corrected chi connectivity index (χ1v) is 29.4. The van der Waals surface area contributed by atoms with Gasteiger partial charge in [0.2, 0.25) is 0 Å². The van der Waals surface area contributed by atoms with Crippen LogP contribution in [0, 0.1) is 0 Å². The molecule has 70 heavy (non-hydrogen) atoms. The van der Waals surface area contributed by atoms with E-state index < -0.39 is 6.10 Å². The van der Waals surface area contributed by atoms with Crippen LogP contribution in [0.5, 0.6) is 0 Å². The number of ether oxygens (including phenoxy) is 3. The van der Waals surface area contributed by atoms with Crippen molar-refractivity contribution >= 4 is 11.9 Å². The van der Waals surface area contributed by atoms with Crippen molar-refractivity contribution in [1.82, 2.24) is 0 Å². The minimum Gasteiger partial charge on any atom is -0.462 e. The Hall–Kier alpha value is -3.44. The maximum Gasteiger partial charge on any atom is 0.306 e. The molecule has 0 aromatic carbocycles. The fourth-order valence-corrected chi connectivity index (χ4v) is 7.89. The van der Waals surface area contributed by atoms with Crippen LogP contribution in [0.15, 0.2) is 109 Å². The van der Waals surface area contributed by atoms with Crippen molar-refractivity contribution < 1.29 is 23.8 Å². The van der Waals surface area contributed by atoms with Gasteiger partial charge >= 0.3 is 11.9 Å². The zero-order valence-electron chi connectivity index (χ0n) is 46.0. The smallest absolute Gasteiger partial charge is 0.306 e. The lowest BCUT2D eigenvalue weighted by Crippen LogP contribution is -2.30. The van der Waals surface area contributed by atoms with Crippen LogP contribution < -0.4 is 0 Å². The first-order chi connectivity index (χ1) is 34.6. The number of esters is 2. The molecule has 400 valence electrons. The lowest BCUT2D eigenvalue weighted by molar-refractivity contribution is -0.163. The van der Waals surface area contributed by atoms with Gasteiger partial charge in [-0.1, -0.05) is 233 Å². The molecule has 5 nitrogen and oxygen atoms in total. The van der Waals surface area contributed by atoms with Crippen molar-refractivity contribution in [3.8, 4) is 0 Å². The quantitative estimate of drug-likeness (QED) is 0.0345. The third-order valence-electron chi connectivity index (χ3n) is 12.3. The minimum atomic E-state index is -0.563. The Morgan fingerprint density at radius 3 is 1.03 bits per heavy atom. The van der Waals surface area contributed by atoms with Gasteiger partial charge in [-0.15, -0.1) is 0 Å². The Kier molecular flexibility index (Phi) is 56.9. The largest absolute Gasteiger partial charge is 0.462 e. The second-order valence-electron chi connectivity index (χ2n) is 19.2. The summed E-state index contributed by atoms with van der Waals surface area (Å²) < 4.78 is 17.5. The van der Waals surface area contributed by atoms with E-state index in [0.717, 1.165) is 109 Å². The Labute approximate surface area is 434 Å². The highest BCUT2D eigenvalue weighted by Crippen LogP contribution is 2.14. The van der Waals surface area contributed by atoms with Crippen molar-refractivity contribution in [3.63, 3.8) is 0 Å². The molecule has 0 amide bonds. The zero-order valence-corrected chi connectivity index (χ0v) is 46.0. The van der Waals surface area contributed by atoms with Crippen molar-refractivity contribution in [3.05, 3.63) is 109 Å². The van der Waals surface area contributed by atoms with E-state index in [1.54, 1.807) is 0 Å². The first kappa shape index (κ1) is 66.6. The number of rotatable bonds is 53. The topological polar surface area (TPSA) is 61.8 Å². The van der Waals surface area contributed by atoms with E-state index in [1.165, 1.54) is 122 Å². The predicted molar refractivity (Wildman–Crippen MR) is 306 cm³/mol. The molecule has 0 saturated heterocycles. The average molecular weight is 972 g/mol. The van der Waals surface area contributed by atoms with Gasteiger partial charge in [0.25, 0.3) is 0 Å². The van der Waals surface area contributed by atoms with Crippen LogP contribution in [0.25, 0.3) is 0 Å². The SMILES string of the molecule is CC/C=C\C/C=C\C/C=C\C/C=C\CCCCCCCCC(=O)OCC(COCCCCCCCCC/C=C\C/C=C\C/C=C\CCCCC)OC(=O)CCCCCCC/C=C\C/C=C\CCCCC. The van der Waals surface area contributed by atoms with Crippen LogP contribution >= 0.6 is 0 Å². The van der Waals surface area contributed by atoms with Gasteiger partial charge in [-0.05, 0) is 128 Å². The summed E-state index contributed by atoms with van der Waals surface area (Å²) in [4.78, 5) is 25.5. The van der Waals surface area contributed by atoms with Gasteiger partial charge < -0.3 is 14.2 Å². The lowest BCUT2D eigenvalue weighted by atomic mass is 10.1. The second-order valence-corrected chi connectivity index (χ2v) is 19.2.